The molecule has 1 aromatic carbocycles. The Hall–Kier alpha value is -2.98. The maximum atomic E-state index is 11.9. The van der Waals surface area contributed by atoms with Crippen molar-refractivity contribution in [2.75, 3.05) is 0 Å². The summed E-state index contributed by atoms with van der Waals surface area (Å²) < 4.78 is 25.7. The first-order valence-corrected chi connectivity index (χ1v) is 7.65. The molecule has 2 rings (SSSR count). The van der Waals surface area contributed by atoms with Gasteiger partial charge in [-0.3, -0.25) is 9.78 Å². The third-order valence-electron chi connectivity index (χ3n) is 2.68. The first-order valence-electron chi connectivity index (χ1n) is 6.17. The van der Waals surface area contributed by atoms with E-state index in [-0.39, 0.29) is 4.90 Å². The Balaban J connectivity index is 2.14. The van der Waals surface area contributed by atoms with Crippen molar-refractivity contribution in [3.63, 3.8) is 0 Å². The van der Waals surface area contributed by atoms with Gasteiger partial charge in [-0.25, -0.2) is 13.1 Å². The van der Waals surface area contributed by atoms with Gasteiger partial charge in [0.05, 0.1) is 11.6 Å². The largest absolute Gasteiger partial charge is 0.269 e. The molecule has 1 aromatic heterocycles. The molecule has 0 unspecified atom stereocenters. The minimum atomic E-state index is -3.96. The third-order valence-corrected chi connectivity index (χ3v) is 4.01. The number of nitriles is 1. The Labute approximate surface area is 127 Å². The fraction of sp³-hybridized carbons (Fsp3) is 0. The number of nitrogens with zero attached hydrogens (tertiary/aromatic N) is 2. The predicted octanol–water partition coefficient (Wildman–Crippen LogP) is 1.47. The van der Waals surface area contributed by atoms with Gasteiger partial charge in [0.15, 0.2) is 0 Å². The van der Waals surface area contributed by atoms with Crippen LogP contribution in [0.1, 0.15) is 11.1 Å². The molecule has 6 nitrogen and oxygen atoms in total. The zero-order valence-electron chi connectivity index (χ0n) is 11.3. The van der Waals surface area contributed by atoms with Crippen LogP contribution in [0.5, 0.6) is 0 Å². The lowest BCUT2D eigenvalue weighted by Crippen LogP contribution is -2.29. The minimum absolute atomic E-state index is 0.103. The first kappa shape index (κ1) is 15.4. The van der Waals surface area contributed by atoms with Gasteiger partial charge in [-0.15, -0.1) is 0 Å². The second-order valence-corrected chi connectivity index (χ2v) is 5.87. The molecule has 110 valence electrons. The van der Waals surface area contributed by atoms with E-state index in [9.17, 15) is 13.2 Å². The number of amides is 1. The zero-order valence-corrected chi connectivity index (χ0v) is 12.1. The molecule has 2 aromatic rings. The van der Waals surface area contributed by atoms with E-state index in [0.717, 1.165) is 12.3 Å². The highest BCUT2D eigenvalue weighted by molar-refractivity contribution is 7.90. The Bertz CT molecular complexity index is 853. The molecule has 0 fully saturated rings. The van der Waals surface area contributed by atoms with Crippen molar-refractivity contribution in [3.8, 4) is 6.07 Å². The van der Waals surface area contributed by atoms with Crippen LogP contribution in [-0.2, 0) is 14.8 Å². The molecule has 0 radical (unpaired) electrons. The second kappa shape index (κ2) is 6.65. The number of hydrogen-bond acceptors (Lipinski definition) is 5. The van der Waals surface area contributed by atoms with E-state index in [2.05, 4.69) is 4.98 Å². The van der Waals surface area contributed by atoms with E-state index in [1.807, 2.05) is 10.8 Å². The van der Waals surface area contributed by atoms with E-state index in [1.165, 1.54) is 24.4 Å². The molecule has 0 saturated heterocycles. The highest BCUT2D eigenvalue weighted by atomic mass is 32.2. The Morgan fingerprint density at radius 1 is 1.23 bits per heavy atom. The average Bonchev–Trinajstić information content (AvgIpc) is 2.53. The molecule has 1 N–H and O–H groups in total. The van der Waals surface area contributed by atoms with Crippen molar-refractivity contribution in [1.82, 2.24) is 9.71 Å². The molecule has 1 heterocycles. The Morgan fingerprint density at radius 3 is 2.68 bits per heavy atom. The van der Waals surface area contributed by atoms with Gasteiger partial charge in [-0.2, -0.15) is 5.26 Å². The number of carbonyl (C=O) groups is 1. The predicted molar refractivity (Wildman–Crippen MR) is 79.8 cm³/mol. The van der Waals surface area contributed by atoms with Gasteiger partial charge in [-0.05, 0) is 29.8 Å². The monoisotopic (exact) mass is 313 g/mol. The number of rotatable bonds is 4. The number of sulfonamides is 1. The number of nitrogens with one attached hydrogen (secondary N) is 1. The van der Waals surface area contributed by atoms with E-state index in [0.29, 0.717) is 11.1 Å². The third kappa shape index (κ3) is 3.77. The van der Waals surface area contributed by atoms with E-state index < -0.39 is 15.9 Å². The van der Waals surface area contributed by atoms with Crippen LogP contribution in [0.25, 0.3) is 6.08 Å². The fourth-order valence-electron chi connectivity index (χ4n) is 1.64. The summed E-state index contributed by atoms with van der Waals surface area (Å²) in [5.74, 6) is -0.809. The van der Waals surface area contributed by atoms with Gasteiger partial charge < -0.3 is 0 Å². The molecule has 0 aliphatic carbocycles. The number of hydrogen-bond donors (Lipinski definition) is 1. The number of benzene rings is 1. The zero-order chi connectivity index (χ0) is 16.0. The fourth-order valence-corrected chi connectivity index (χ4v) is 2.55. The molecular formula is C15H11N3O3S. The van der Waals surface area contributed by atoms with Crippen LogP contribution in [0.4, 0.5) is 0 Å². The normalized spacial score (nSPS) is 11.0. The molecule has 0 spiro atoms. The average molecular weight is 313 g/mol. The summed E-state index contributed by atoms with van der Waals surface area (Å²) in [5, 5.41) is 8.93. The van der Waals surface area contributed by atoms with Crippen molar-refractivity contribution in [1.29, 1.82) is 5.26 Å². The van der Waals surface area contributed by atoms with Crippen LogP contribution in [0.15, 0.2) is 59.8 Å². The number of pyridine rings is 1. The van der Waals surface area contributed by atoms with Crippen LogP contribution >= 0.6 is 0 Å². The van der Waals surface area contributed by atoms with Gasteiger partial charge in [0, 0.05) is 18.5 Å². The number of aromatic nitrogens is 1. The van der Waals surface area contributed by atoms with Gasteiger partial charge >= 0.3 is 0 Å². The van der Waals surface area contributed by atoms with E-state index >= 15 is 0 Å². The molecular weight excluding hydrogens is 302 g/mol. The van der Waals surface area contributed by atoms with E-state index in [1.54, 1.807) is 24.3 Å². The highest BCUT2D eigenvalue weighted by Crippen LogP contribution is 2.09. The molecule has 0 bridgehead atoms. The molecule has 0 aliphatic rings. The smallest absolute Gasteiger partial charge is 0.265 e. The van der Waals surface area contributed by atoms with E-state index in [4.69, 9.17) is 5.26 Å². The van der Waals surface area contributed by atoms with Gasteiger partial charge in [0.2, 0.25) is 0 Å². The summed E-state index contributed by atoms with van der Waals surface area (Å²) in [6, 6.07) is 11.4. The van der Waals surface area contributed by atoms with Crippen LogP contribution in [-0.4, -0.2) is 19.3 Å². The van der Waals surface area contributed by atoms with Crippen molar-refractivity contribution >= 4 is 22.0 Å². The van der Waals surface area contributed by atoms with Gasteiger partial charge in [-0.1, -0.05) is 18.2 Å². The van der Waals surface area contributed by atoms with Crippen LogP contribution in [0.3, 0.4) is 0 Å². The Morgan fingerprint density at radius 2 is 2.00 bits per heavy atom. The van der Waals surface area contributed by atoms with Crippen LogP contribution in [0, 0.1) is 11.3 Å². The lowest BCUT2D eigenvalue weighted by molar-refractivity contribution is -0.114. The van der Waals surface area contributed by atoms with Crippen LogP contribution < -0.4 is 4.72 Å². The first-order chi connectivity index (χ1) is 10.5. The molecule has 0 atom stereocenters. The second-order valence-electron chi connectivity index (χ2n) is 4.19. The summed E-state index contributed by atoms with van der Waals surface area (Å²) in [4.78, 5) is 15.3. The maximum Gasteiger partial charge on any atom is 0.265 e. The standard InChI is InChI=1S/C15H11N3O3S/c16-10-13-5-2-1-4-12(13)7-8-15(19)18-22(20,21)14-6-3-9-17-11-14/h1-9,11H,(H,18,19). The lowest BCUT2D eigenvalue weighted by Gasteiger charge is -2.03. The summed E-state index contributed by atoms with van der Waals surface area (Å²) in [6.07, 6.45) is 5.01. The summed E-state index contributed by atoms with van der Waals surface area (Å²) in [5.41, 5.74) is 0.917. The molecule has 0 saturated carbocycles. The summed E-state index contributed by atoms with van der Waals surface area (Å²) >= 11 is 0. The van der Waals surface area contributed by atoms with Crippen molar-refractivity contribution in [2.24, 2.45) is 0 Å². The number of carbonyl (C=O) groups excluding carboxylic acids is 1. The molecule has 22 heavy (non-hydrogen) atoms. The lowest BCUT2D eigenvalue weighted by atomic mass is 10.1. The molecule has 0 aliphatic heterocycles. The highest BCUT2D eigenvalue weighted by Gasteiger charge is 2.15. The SMILES string of the molecule is N#Cc1ccccc1C=CC(=O)NS(=O)(=O)c1cccnc1. The topological polar surface area (TPSA) is 99.9 Å². The van der Waals surface area contributed by atoms with Crippen molar-refractivity contribution in [2.45, 2.75) is 4.90 Å². The summed E-state index contributed by atoms with van der Waals surface area (Å²) in [7, 11) is -3.96. The molecule has 7 heteroatoms. The quantitative estimate of drug-likeness (QED) is 0.862. The van der Waals surface area contributed by atoms with Gasteiger partial charge in [0.25, 0.3) is 15.9 Å². The minimum Gasteiger partial charge on any atom is -0.269 e. The maximum absolute atomic E-state index is 11.9. The molecule has 1 amide bonds. The Kier molecular flexibility index (Phi) is 4.66. The van der Waals surface area contributed by atoms with Crippen LogP contribution in [0.2, 0.25) is 0 Å². The summed E-state index contributed by atoms with van der Waals surface area (Å²) in [6.45, 7) is 0. The van der Waals surface area contributed by atoms with Crippen molar-refractivity contribution < 1.29 is 13.2 Å². The van der Waals surface area contributed by atoms with Crippen molar-refractivity contribution in [3.05, 3.63) is 66.0 Å². The van der Waals surface area contributed by atoms with Gasteiger partial charge in [0.1, 0.15) is 4.90 Å².